The van der Waals surface area contributed by atoms with E-state index in [1.54, 1.807) is 6.20 Å². The van der Waals surface area contributed by atoms with E-state index in [-0.39, 0.29) is 5.54 Å². The van der Waals surface area contributed by atoms with Gasteiger partial charge in [-0.3, -0.25) is 4.98 Å². The minimum absolute atomic E-state index is 0.0404. The minimum Gasteiger partial charge on any atom is -0.341 e. The van der Waals surface area contributed by atoms with Crippen LogP contribution in [-0.4, -0.2) is 20.5 Å². The molecule has 0 unspecified atom stereocenters. The number of fused-ring (bicyclic) bond motifs is 1. The molecule has 84 valence electrons. The van der Waals surface area contributed by atoms with Crippen LogP contribution in [0.25, 0.3) is 11.0 Å². The summed E-state index contributed by atoms with van der Waals surface area (Å²) in [6.45, 7) is 0. The van der Waals surface area contributed by atoms with Crippen LogP contribution in [0.1, 0.15) is 31.5 Å². The van der Waals surface area contributed by atoms with Crippen LogP contribution in [-0.2, 0) is 6.42 Å². The van der Waals surface area contributed by atoms with Gasteiger partial charge in [0.25, 0.3) is 0 Å². The average Bonchev–Trinajstić information content (AvgIpc) is 2.84. The summed E-state index contributed by atoms with van der Waals surface area (Å²) in [5.41, 5.74) is 8.27. The van der Waals surface area contributed by atoms with Gasteiger partial charge in [-0.25, -0.2) is 4.98 Å². The second kappa shape index (κ2) is 3.56. The van der Waals surface area contributed by atoms with Gasteiger partial charge in [-0.05, 0) is 18.9 Å². The van der Waals surface area contributed by atoms with Crippen molar-refractivity contribution in [3.05, 3.63) is 24.3 Å². The van der Waals surface area contributed by atoms with Crippen molar-refractivity contribution in [2.24, 2.45) is 5.73 Å². The molecule has 0 spiro atoms. The first-order chi connectivity index (χ1) is 7.75. The van der Waals surface area contributed by atoms with Gasteiger partial charge in [-0.15, -0.1) is 0 Å². The van der Waals surface area contributed by atoms with Crippen molar-refractivity contribution in [2.75, 3.05) is 0 Å². The Hall–Kier alpha value is -1.42. The Kier molecular flexibility index (Phi) is 2.17. The fourth-order valence-electron chi connectivity index (χ4n) is 2.58. The number of pyridine rings is 1. The number of hydrogen-bond donors (Lipinski definition) is 2. The minimum atomic E-state index is -0.0404. The third-order valence-corrected chi connectivity index (χ3v) is 3.45. The number of nitrogens with two attached hydrogens (primary N) is 1. The number of rotatable bonds is 2. The molecule has 1 aliphatic rings. The van der Waals surface area contributed by atoms with E-state index in [0.29, 0.717) is 0 Å². The van der Waals surface area contributed by atoms with E-state index in [2.05, 4.69) is 15.0 Å². The van der Waals surface area contributed by atoms with Crippen molar-refractivity contribution < 1.29 is 0 Å². The smallest absolute Gasteiger partial charge is 0.109 e. The predicted molar refractivity (Wildman–Crippen MR) is 63.0 cm³/mol. The molecule has 1 fully saturated rings. The molecule has 2 aromatic rings. The van der Waals surface area contributed by atoms with Gasteiger partial charge >= 0.3 is 0 Å². The number of aromatic nitrogens is 3. The largest absolute Gasteiger partial charge is 0.341 e. The van der Waals surface area contributed by atoms with Crippen LogP contribution < -0.4 is 5.73 Å². The summed E-state index contributed by atoms with van der Waals surface area (Å²) in [5.74, 6) is 0.993. The highest BCUT2D eigenvalue weighted by Crippen LogP contribution is 2.30. The number of imidazole rings is 1. The molecule has 0 amide bonds. The predicted octanol–water partition coefficient (Wildman–Crippen LogP) is 1.77. The van der Waals surface area contributed by atoms with Gasteiger partial charge in [0.1, 0.15) is 5.82 Å². The standard InChI is InChI=1S/C12H16N4/c13-12(4-1-2-5-12)7-11-15-9-3-6-14-8-10(9)16-11/h3,6,8H,1-2,4-5,7,13H2,(H,15,16). The van der Waals surface area contributed by atoms with E-state index < -0.39 is 0 Å². The van der Waals surface area contributed by atoms with E-state index in [4.69, 9.17) is 5.73 Å². The number of nitrogens with one attached hydrogen (secondary N) is 1. The molecule has 2 aromatic heterocycles. The first-order valence-electron chi connectivity index (χ1n) is 5.83. The van der Waals surface area contributed by atoms with Crippen molar-refractivity contribution in [1.82, 2.24) is 15.0 Å². The van der Waals surface area contributed by atoms with E-state index in [0.717, 1.165) is 36.1 Å². The molecule has 4 heteroatoms. The number of hydrogen-bond acceptors (Lipinski definition) is 3. The zero-order valence-electron chi connectivity index (χ0n) is 9.24. The van der Waals surface area contributed by atoms with Crippen molar-refractivity contribution in [2.45, 2.75) is 37.6 Å². The summed E-state index contributed by atoms with van der Waals surface area (Å²) in [6.07, 6.45) is 9.15. The van der Waals surface area contributed by atoms with Crippen molar-refractivity contribution in [3.63, 3.8) is 0 Å². The summed E-state index contributed by atoms with van der Waals surface area (Å²) in [7, 11) is 0. The molecule has 0 aromatic carbocycles. The third kappa shape index (κ3) is 1.69. The Morgan fingerprint density at radius 3 is 2.94 bits per heavy atom. The lowest BCUT2D eigenvalue weighted by Crippen LogP contribution is -2.39. The van der Waals surface area contributed by atoms with Crippen LogP contribution in [0.15, 0.2) is 18.5 Å². The molecule has 2 heterocycles. The molecule has 0 aliphatic heterocycles. The van der Waals surface area contributed by atoms with Gasteiger partial charge in [0.2, 0.25) is 0 Å². The van der Waals surface area contributed by atoms with E-state index in [9.17, 15) is 0 Å². The summed E-state index contributed by atoms with van der Waals surface area (Å²) in [4.78, 5) is 11.9. The lowest BCUT2D eigenvalue weighted by Gasteiger charge is -2.21. The van der Waals surface area contributed by atoms with Gasteiger partial charge in [0.15, 0.2) is 0 Å². The lowest BCUT2D eigenvalue weighted by atomic mass is 9.94. The first kappa shape index (κ1) is 9.78. The highest BCUT2D eigenvalue weighted by Gasteiger charge is 2.30. The molecule has 3 N–H and O–H groups in total. The molecule has 0 atom stereocenters. The SMILES string of the molecule is NC1(Cc2nc3ccncc3[nH]2)CCCC1. The number of H-pyrrole nitrogens is 1. The fraction of sp³-hybridized carbons (Fsp3) is 0.500. The van der Waals surface area contributed by atoms with E-state index >= 15 is 0 Å². The van der Waals surface area contributed by atoms with Crippen LogP contribution in [0.5, 0.6) is 0 Å². The summed E-state index contributed by atoms with van der Waals surface area (Å²) in [5, 5.41) is 0. The van der Waals surface area contributed by atoms with Gasteiger partial charge in [0, 0.05) is 18.2 Å². The fourth-order valence-corrected chi connectivity index (χ4v) is 2.58. The Balaban J connectivity index is 1.89. The van der Waals surface area contributed by atoms with E-state index in [1.807, 2.05) is 12.3 Å². The Bertz CT molecular complexity index is 463. The Morgan fingerprint density at radius 1 is 1.38 bits per heavy atom. The molecule has 0 saturated heterocycles. The maximum Gasteiger partial charge on any atom is 0.109 e. The molecule has 0 bridgehead atoms. The topological polar surface area (TPSA) is 67.6 Å². The molecule has 1 saturated carbocycles. The Morgan fingerprint density at radius 2 is 2.19 bits per heavy atom. The summed E-state index contributed by atoms with van der Waals surface area (Å²) >= 11 is 0. The normalized spacial score (nSPS) is 19.3. The molecular formula is C12H16N4. The van der Waals surface area contributed by atoms with Crippen molar-refractivity contribution >= 4 is 11.0 Å². The lowest BCUT2D eigenvalue weighted by molar-refractivity contribution is 0.428. The van der Waals surface area contributed by atoms with Crippen LogP contribution in [0, 0.1) is 0 Å². The molecule has 16 heavy (non-hydrogen) atoms. The van der Waals surface area contributed by atoms with Crippen LogP contribution in [0.3, 0.4) is 0 Å². The second-order valence-corrected chi connectivity index (χ2v) is 4.82. The average molecular weight is 216 g/mol. The number of nitrogens with zero attached hydrogens (tertiary/aromatic N) is 2. The van der Waals surface area contributed by atoms with Gasteiger partial charge in [0.05, 0.1) is 17.2 Å². The van der Waals surface area contributed by atoms with Crippen LogP contribution >= 0.6 is 0 Å². The highest BCUT2D eigenvalue weighted by atomic mass is 14.9. The van der Waals surface area contributed by atoms with E-state index in [1.165, 1.54) is 12.8 Å². The van der Waals surface area contributed by atoms with Crippen molar-refractivity contribution in [3.8, 4) is 0 Å². The molecule has 0 radical (unpaired) electrons. The van der Waals surface area contributed by atoms with Crippen molar-refractivity contribution in [1.29, 1.82) is 0 Å². The second-order valence-electron chi connectivity index (χ2n) is 4.82. The highest BCUT2D eigenvalue weighted by molar-refractivity contribution is 5.73. The molecule has 4 nitrogen and oxygen atoms in total. The maximum absolute atomic E-state index is 6.34. The zero-order valence-corrected chi connectivity index (χ0v) is 9.24. The summed E-state index contributed by atoms with van der Waals surface area (Å²) < 4.78 is 0. The Labute approximate surface area is 94.3 Å². The van der Waals surface area contributed by atoms with Gasteiger partial charge in [-0.2, -0.15) is 0 Å². The van der Waals surface area contributed by atoms with Gasteiger partial charge in [-0.1, -0.05) is 12.8 Å². The third-order valence-electron chi connectivity index (χ3n) is 3.45. The monoisotopic (exact) mass is 216 g/mol. The van der Waals surface area contributed by atoms with Crippen LogP contribution in [0.4, 0.5) is 0 Å². The first-order valence-corrected chi connectivity index (χ1v) is 5.83. The molecule has 1 aliphatic carbocycles. The van der Waals surface area contributed by atoms with Gasteiger partial charge < -0.3 is 10.7 Å². The summed E-state index contributed by atoms with van der Waals surface area (Å²) in [6, 6.07) is 1.92. The zero-order chi connectivity index (χ0) is 11.0. The molecule has 3 rings (SSSR count). The maximum atomic E-state index is 6.34. The quantitative estimate of drug-likeness (QED) is 0.804. The van der Waals surface area contributed by atoms with Crippen LogP contribution in [0.2, 0.25) is 0 Å². The molecular weight excluding hydrogens is 200 g/mol. The number of aromatic amines is 1.